The maximum absolute atomic E-state index is 12.7. The molecule has 0 aliphatic heterocycles. The van der Waals surface area contributed by atoms with Gasteiger partial charge in [0.2, 0.25) is 0 Å². The molecule has 23 heavy (non-hydrogen) atoms. The quantitative estimate of drug-likeness (QED) is 0.543. The van der Waals surface area contributed by atoms with Crippen LogP contribution in [0.25, 0.3) is 0 Å². The van der Waals surface area contributed by atoms with Crippen molar-refractivity contribution in [3.8, 4) is 0 Å². The molecule has 3 aliphatic carbocycles. The fraction of sp³-hybridized carbons (Fsp3) is 0.947. The SMILES string of the molecule is O=C(C1CCC(Cl)CC1)C1CCC(SC2CCC(Cl)CC2)CC1. The molecule has 0 aromatic heterocycles. The van der Waals surface area contributed by atoms with Gasteiger partial charge < -0.3 is 0 Å². The smallest absolute Gasteiger partial charge is 0.139 e. The van der Waals surface area contributed by atoms with Crippen molar-refractivity contribution < 1.29 is 4.79 Å². The van der Waals surface area contributed by atoms with Crippen molar-refractivity contribution in [2.24, 2.45) is 11.8 Å². The van der Waals surface area contributed by atoms with E-state index in [1.165, 1.54) is 38.5 Å². The molecule has 1 nitrogen and oxygen atoms in total. The Hall–Kier alpha value is 0.600. The predicted octanol–water partition coefficient (Wildman–Crippen LogP) is 6.20. The molecule has 0 spiro atoms. The molecule has 0 aromatic rings. The van der Waals surface area contributed by atoms with E-state index >= 15 is 0 Å². The second-order valence-corrected chi connectivity index (χ2v) is 10.7. The number of ketones is 1. The first-order valence-corrected chi connectivity index (χ1v) is 11.4. The lowest BCUT2D eigenvalue weighted by atomic mass is 9.76. The van der Waals surface area contributed by atoms with Gasteiger partial charge in [-0.05, 0) is 77.0 Å². The lowest BCUT2D eigenvalue weighted by Crippen LogP contribution is -2.31. The number of alkyl halides is 2. The number of rotatable bonds is 4. The van der Waals surface area contributed by atoms with Gasteiger partial charge in [0.25, 0.3) is 0 Å². The van der Waals surface area contributed by atoms with Crippen molar-refractivity contribution in [1.82, 2.24) is 0 Å². The van der Waals surface area contributed by atoms with Crippen LogP contribution in [-0.4, -0.2) is 27.0 Å². The average molecular weight is 377 g/mol. The van der Waals surface area contributed by atoms with Crippen LogP contribution in [0.5, 0.6) is 0 Å². The molecule has 0 unspecified atom stereocenters. The Morgan fingerprint density at radius 3 is 1.43 bits per heavy atom. The zero-order valence-corrected chi connectivity index (χ0v) is 16.4. The van der Waals surface area contributed by atoms with Crippen molar-refractivity contribution in [2.75, 3.05) is 0 Å². The highest BCUT2D eigenvalue weighted by Gasteiger charge is 2.34. The van der Waals surface area contributed by atoms with E-state index in [9.17, 15) is 4.79 Å². The van der Waals surface area contributed by atoms with Crippen LogP contribution in [-0.2, 0) is 4.79 Å². The summed E-state index contributed by atoms with van der Waals surface area (Å²) >= 11 is 14.6. The van der Waals surface area contributed by atoms with Gasteiger partial charge >= 0.3 is 0 Å². The van der Waals surface area contributed by atoms with E-state index in [-0.39, 0.29) is 0 Å². The molecule has 0 heterocycles. The third-order valence-electron chi connectivity index (χ3n) is 6.12. The van der Waals surface area contributed by atoms with Crippen LogP contribution in [0, 0.1) is 11.8 Å². The predicted molar refractivity (Wildman–Crippen MR) is 102 cm³/mol. The zero-order chi connectivity index (χ0) is 16.2. The Kier molecular flexibility index (Phi) is 7.04. The topological polar surface area (TPSA) is 17.1 Å². The summed E-state index contributed by atoms with van der Waals surface area (Å²) in [5.41, 5.74) is 0. The standard InChI is InChI=1S/C19H30Cl2OS/c20-15-5-1-13(2-6-15)19(22)14-3-9-17(10-4-14)23-18-11-7-16(21)8-12-18/h13-18H,1-12H2. The summed E-state index contributed by atoms with van der Waals surface area (Å²) < 4.78 is 0. The molecule has 3 rings (SSSR count). The molecule has 0 bridgehead atoms. The Morgan fingerprint density at radius 2 is 0.957 bits per heavy atom. The molecule has 0 saturated heterocycles. The molecule has 3 aliphatic rings. The van der Waals surface area contributed by atoms with E-state index in [4.69, 9.17) is 23.2 Å². The highest BCUT2D eigenvalue weighted by molar-refractivity contribution is 8.00. The van der Waals surface area contributed by atoms with Crippen molar-refractivity contribution >= 4 is 40.7 Å². The number of thioether (sulfide) groups is 1. The fourth-order valence-corrected chi connectivity index (χ4v) is 6.72. The van der Waals surface area contributed by atoms with E-state index < -0.39 is 0 Å². The second-order valence-electron chi connectivity index (χ2n) is 7.83. The zero-order valence-electron chi connectivity index (χ0n) is 14.0. The molecule has 0 radical (unpaired) electrons. The normalized spacial score (nSPS) is 42.3. The molecular weight excluding hydrogens is 347 g/mol. The fourth-order valence-electron chi connectivity index (χ4n) is 4.58. The van der Waals surface area contributed by atoms with Gasteiger partial charge in [-0.25, -0.2) is 0 Å². The minimum atomic E-state index is 0.314. The molecular formula is C19H30Cl2OS. The van der Waals surface area contributed by atoms with Crippen molar-refractivity contribution in [2.45, 2.75) is 98.3 Å². The molecule has 3 fully saturated rings. The number of carbonyl (C=O) groups is 1. The highest BCUT2D eigenvalue weighted by atomic mass is 35.5. The summed E-state index contributed by atoms with van der Waals surface area (Å²) in [6.45, 7) is 0. The summed E-state index contributed by atoms with van der Waals surface area (Å²) in [6.07, 6.45) is 13.8. The third-order valence-corrected chi connectivity index (χ3v) is 8.71. The van der Waals surface area contributed by atoms with E-state index in [0.29, 0.717) is 28.4 Å². The van der Waals surface area contributed by atoms with Crippen molar-refractivity contribution in [3.05, 3.63) is 0 Å². The maximum Gasteiger partial charge on any atom is 0.139 e. The third kappa shape index (κ3) is 5.28. The monoisotopic (exact) mass is 376 g/mol. The van der Waals surface area contributed by atoms with Gasteiger partial charge in [0.1, 0.15) is 5.78 Å². The second kappa shape index (κ2) is 8.81. The summed E-state index contributed by atoms with van der Waals surface area (Å²) in [5, 5.41) is 2.34. The Balaban J connectivity index is 1.39. The molecule has 0 amide bonds. The van der Waals surface area contributed by atoms with Gasteiger partial charge in [0.05, 0.1) is 0 Å². The molecule has 0 N–H and O–H groups in total. The maximum atomic E-state index is 12.7. The van der Waals surface area contributed by atoms with Gasteiger partial charge in [-0.1, -0.05) is 0 Å². The number of hydrogen-bond donors (Lipinski definition) is 0. The number of hydrogen-bond acceptors (Lipinski definition) is 2. The first-order chi connectivity index (χ1) is 11.1. The van der Waals surface area contributed by atoms with Crippen LogP contribution >= 0.6 is 35.0 Å². The molecule has 3 saturated carbocycles. The van der Waals surface area contributed by atoms with E-state index in [1.807, 2.05) is 0 Å². The summed E-state index contributed by atoms with van der Waals surface area (Å²) in [6, 6.07) is 0. The first kappa shape index (κ1) is 18.4. The van der Waals surface area contributed by atoms with E-state index in [1.54, 1.807) is 0 Å². The number of halogens is 2. The lowest BCUT2D eigenvalue weighted by Gasteiger charge is -2.34. The van der Waals surface area contributed by atoms with Crippen LogP contribution in [0.1, 0.15) is 77.0 Å². The summed E-state index contributed by atoms with van der Waals surface area (Å²) in [5.74, 6) is 1.24. The largest absolute Gasteiger partial charge is 0.299 e. The number of carbonyl (C=O) groups excluding carboxylic acids is 1. The van der Waals surface area contributed by atoms with Crippen LogP contribution in [0.3, 0.4) is 0 Å². The van der Waals surface area contributed by atoms with Gasteiger partial charge in [0, 0.05) is 33.1 Å². The minimum Gasteiger partial charge on any atom is -0.299 e. The van der Waals surface area contributed by atoms with E-state index in [0.717, 1.165) is 49.0 Å². The van der Waals surface area contributed by atoms with Crippen LogP contribution < -0.4 is 0 Å². The number of Topliss-reactive ketones (excluding diaryl/α,β-unsaturated/α-hetero) is 1. The van der Waals surface area contributed by atoms with Gasteiger partial charge in [-0.3, -0.25) is 4.79 Å². The lowest BCUT2D eigenvalue weighted by molar-refractivity contribution is -0.128. The van der Waals surface area contributed by atoms with Gasteiger partial charge in [-0.15, -0.1) is 23.2 Å². The van der Waals surface area contributed by atoms with Crippen molar-refractivity contribution in [3.63, 3.8) is 0 Å². The van der Waals surface area contributed by atoms with Gasteiger partial charge in [-0.2, -0.15) is 11.8 Å². The molecule has 0 aromatic carbocycles. The molecule has 132 valence electrons. The van der Waals surface area contributed by atoms with Crippen LogP contribution in [0.4, 0.5) is 0 Å². The van der Waals surface area contributed by atoms with Crippen molar-refractivity contribution in [1.29, 1.82) is 0 Å². The van der Waals surface area contributed by atoms with Crippen LogP contribution in [0.15, 0.2) is 0 Å². The Labute approximate surface area is 155 Å². The molecule has 0 atom stereocenters. The van der Waals surface area contributed by atoms with E-state index in [2.05, 4.69) is 11.8 Å². The highest BCUT2D eigenvalue weighted by Crippen LogP contribution is 2.41. The molecule has 4 heteroatoms. The average Bonchev–Trinajstić information content (AvgIpc) is 2.58. The Morgan fingerprint density at radius 1 is 0.609 bits per heavy atom. The van der Waals surface area contributed by atoms with Gasteiger partial charge in [0.15, 0.2) is 0 Å². The summed E-state index contributed by atoms with van der Waals surface area (Å²) in [7, 11) is 0. The first-order valence-electron chi connectivity index (χ1n) is 9.59. The Bertz CT molecular complexity index is 379. The minimum absolute atomic E-state index is 0.314. The van der Waals surface area contributed by atoms with Crippen LogP contribution in [0.2, 0.25) is 0 Å². The summed E-state index contributed by atoms with van der Waals surface area (Å²) in [4.78, 5) is 12.7.